The molecule has 0 bridgehead atoms. The van der Waals surface area contributed by atoms with Gasteiger partial charge >= 0.3 is 5.97 Å². The van der Waals surface area contributed by atoms with Crippen LogP contribution < -0.4 is 4.74 Å². The maximum absolute atomic E-state index is 13.3. The monoisotopic (exact) mass is 412 g/mol. The first kappa shape index (κ1) is 19.4. The summed E-state index contributed by atoms with van der Waals surface area (Å²) >= 11 is 3.43. The summed E-state index contributed by atoms with van der Waals surface area (Å²) in [6, 6.07) is 10.2. The number of aryl methyl sites for hydroxylation is 1. The molecular weight excluding hydrogens is 394 g/mol. The number of carbonyl (C=O) groups excluding carboxylic acids is 1. The second-order valence-electron chi connectivity index (χ2n) is 5.45. The van der Waals surface area contributed by atoms with Gasteiger partial charge in [-0.2, -0.15) is 0 Å². The molecule has 0 radical (unpaired) electrons. The van der Waals surface area contributed by atoms with Crippen molar-refractivity contribution < 1.29 is 23.0 Å². The average Bonchev–Trinajstić information content (AvgIpc) is 2.60. The lowest BCUT2D eigenvalue weighted by Gasteiger charge is -2.16. The molecule has 134 valence electrons. The molecule has 2 rings (SSSR count). The number of carbonyl (C=O) groups is 1. The topological polar surface area (TPSA) is 35.5 Å². The van der Waals surface area contributed by atoms with Crippen LogP contribution in [0.25, 0.3) is 0 Å². The van der Waals surface area contributed by atoms with Gasteiger partial charge in [-0.25, -0.2) is 8.78 Å². The molecule has 2 aromatic rings. The Hall–Kier alpha value is -1.95. The Labute approximate surface area is 154 Å². The maximum Gasteiger partial charge on any atom is 0.309 e. The fraction of sp³-hybridized carbons (Fsp3) is 0.316. The predicted molar refractivity (Wildman–Crippen MR) is 95.0 cm³/mol. The number of ether oxygens (including phenoxy) is 2. The zero-order chi connectivity index (χ0) is 18.4. The van der Waals surface area contributed by atoms with Gasteiger partial charge in [-0.3, -0.25) is 4.79 Å². The molecule has 25 heavy (non-hydrogen) atoms. The third-order valence-corrected chi connectivity index (χ3v) is 4.50. The van der Waals surface area contributed by atoms with E-state index in [0.29, 0.717) is 16.9 Å². The van der Waals surface area contributed by atoms with Crippen LogP contribution in [0.3, 0.4) is 0 Å². The highest BCUT2D eigenvalue weighted by atomic mass is 79.9. The minimum absolute atomic E-state index is 0.0586. The minimum Gasteiger partial charge on any atom is -0.488 e. The third kappa shape index (κ3) is 5.01. The summed E-state index contributed by atoms with van der Waals surface area (Å²) in [5.74, 6) is 0.0754. The SMILES string of the molecule is CCc1ccc(OCc2c(CC(=O)OC)cccc2C(F)F)c(Br)c1. The summed E-state index contributed by atoms with van der Waals surface area (Å²) in [7, 11) is 1.27. The summed E-state index contributed by atoms with van der Waals surface area (Å²) in [6.45, 7) is 1.98. The summed E-state index contributed by atoms with van der Waals surface area (Å²) in [4.78, 5) is 11.6. The van der Waals surface area contributed by atoms with Crippen LogP contribution >= 0.6 is 15.9 Å². The van der Waals surface area contributed by atoms with Crippen LogP contribution in [-0.2, 0) is 29.0 Å². The van der Waals surface area contributed by atoms with Crippen LogP contribution in [0.2, 0.25) is 0 Å². The van der Waals surface area contributed by atoms with Crippen molar-refractivity contribution >= 4 is 21.9 Å². The summed E-state index contributed by atoms with van der Waals surface area (Å²) in [5.41, 5.74) is 1.79. The van der Waals surface area contributed by atoms with Crippen molar-refractivity contribution in [3.05, 3.63) is 63.1 Å². The van der Waals surface area contributed by atoms with Crippen molar-refractivity contribution in [2.45, 2.75) is 32.8 Å². The number of methoxy groups -OCH3 is 1. The maximum atomic E-state index is 13.3. The van der Waals surface area contributed by atoms with Crippen molar-refractivity contribution in [2.75, 3.05) is 7.11 Å². The van der Waals surface area contributed by atoms with Gasteiger partial charge in [-0.15, -0.1) is 0 Å². The van der Waals surface area contributed by atoms with Gasteiger partial charge in [0.25, 0.3) is 6.43 Å². The van der Waals surface area contributed by atoms with E-state index in [1.807, 2.05) is 19.1 Å². The summed E-state index contributed by atoms with van der Waals surface area (Å²) < 4.78 is 37.8. The van der Waals surface area contributed by atoms with E-state index in [2.05, 4.69) is 20.7 Å². The predicted octanol–water partition coefficient (Wildman–Crippen LogP) is 5.24. The zero-order valence-corrected chi connectivity index (χ0v) is 15.6. The van der Waals surface area contributed by atoms with E-state index < -0.39 is 12.4 Å². The second kappa shape index (κ2) is 8.94. The molecule has 0 saturated heterocycles. The number of benzene rings is 2. The molecule has 6 heteroatoms. The quantitative estimate of drug-likeness (QED) is 0.583. The van der Waals surface area contributed by atoms with E-state index in [1.165, 1.54) is 19.2 Å². The van der Waals surface area contributed by atoms with E-state index in [4.69, 9.17) is 4.74 Å². The van der Waals surface area contributed by atoms with E-state index in [9.17, 15) is 13.6 Å². The molecule has 0 aromatic heterocycles. The van der Waals surface area contributed by atoms with Crippen LogP contribution in [0.4, 0.5) is 8.78 Å². The molecule has 0 spiro atoms. The van der Waals surface area contributed by atoms with Crippen LogP contribution in [-0.4, -0.2) is 13.1 Å². The number of alkyl halides is 2. The summed E-state index contributed by atoms with van der Waals surface area (Å²) in [6.07, 6.45) is -1.84. The molecule has 0 saturated carbocycles. The molecule has 2 aromatic carbocycles. The van der Waals surface area contributed by atoms with Crippen molar-refractivity contribution in [1.82, 2.24) is 0 Å². The fourth-order valence-corrected chi connectivity index (χ4v) is 3.00. The normalized spacial score (nSPS) is 10.8. The van der Waals surface area contributed by atoms with Crippen LogP contribution in [0.5, 0.6) is 5.75 Å². The van der Waals surface area contributed by atoms with Gasteiger partial charge in [0, 0.05) is 11.1 Å². The van der Waals surface area contributed by atoms with Crippen molar-refractivity contribution in [2.24, 2.45) is 0 Å². The van der Waals surface area contributed by atoms with Crippen molar-refractivity contribution in [1.29, 1.82) is 0 Å². The highest BCUT2D eigenvalue weighted by Crippen LogP contribution is 2.30. The van der Waals surface area contributed by atoms with E-state index >= 15 is 0 Å². The number of hydrogen-bond donors (Lipinski definition) is 0. The Morgan fingerprint density at radius 1 is 1.24 bits per heavy atom. The smallest absolute Gasteiger partial charge is 0.309 e. The molecule has 0 atom stereocenters. The summed E-state index contributed by atoms with van der Waals surface area (Å²) in [5, 5.41) is 0. The Morgan fingerprint density at radius 2 is 2.00 bits per heavy atom. The number of halogens is 3. The molecule has 0 aliphatic carbocycles. The molecule has 0 aliphatic heterocycles. The molecule has 0 amide bonds. The zero-order valence-electron chi connectivity index (χ0n) is 14.0. The molecule has 0 fully saturated rings. The van der Waals surface area contributed by atoms with Gasteiger partial charge in [0.1, 0.15) is 12.4 Å². The molecule has 0 unspecified atom stereocenters. The Kier molecular flexibility index (Phi) is 6.93. The van der Waals surface area contributed by atoms with Crippen LogP contribution in [0.1, 0.15) is 35.6 Å². The fourth-order valence-electron chi connectivity index (χ4n) is 2.46. The van der Waals surface area contributed by atoms with Gasteiger partial charge in [-0.05, 0) is 45.6 Å². The lowest BCUT2D eigenvalue weighted by Crippen LogP contribution is -2.11. The Morgan fingerprint density at radius 3 is 2.60 bits per heavy atom. The first-order chi connectivity index (χ1) is 12.0. The molecule has 0 N–H and O–H groups in total. The highest BCUT2D eigenvalue weighted by Gasteiger charge is 2.19. The number of hydrogen-bond acceptors (Lipinski definition) is 3. The second-order valence-corrected chi connectivity index (χ2v) is 6.30. The number of rotatable bonds is 7. The molecule has 3 nitrogen and oxygen atoms in total. The van der Waals surface area contributed by atoms with Gasteiger partial charge in [0.05, 0.1) is 18.0 Å². The van der Waals surface area contributed by atoms with E-state index in [0.717, 1.165) is 16.5 Å². The highest BCUT2D eigenvalue weighted by molar-refractivity contribution is 9.10. The third-order valence-electron chi connectivity index (χ3n) is 3.88. The van der Waals surface area contributed by atoms with Gasteiger partial charge in [0.2, 0.25) is 0 Å². The van der Waals surface area contributed by atoms with Crippen molar-refractivity contribution in [3.63, 3.8) is 0 Å². The standard InChI is InChI=1S/C19H19BrF2O3/c1-3-12-7-8-17(16(20)9-12)25-11-15-13(10-18(23)24-2)5-4-6-14(15)19(21)22/h4-9,19H,3,10-11H2,1-2H3. The first-order valence-corrected chi connectivity index (χ1v) is 8.62. The first-order valence-electron chi connectivity index (χ1n) is 7.83. The molecule has 0 heterocycles. The molecular formula is C19H19BrF2O3. The average molecular weight is 413 g/mol. The lowest BCUT2D eigenvalue weighted by molar-refractivity contribution is -0.139. The largest absolute Gasteiger partial charge is 0.488 e. The Bertz CT molecular complexity index is 747. The van der Waals surface area contributed by atoms with Gasteiger partial charge < -0.3 is 9.47 Å². The van der Waals surface area contributed by atoms with E-state index in [-0.39, 0.29) is 18.6 Å². The molecule has 0 aliphatic rings. The van der Waals surface area contributed by atoms with E-state index in [1.54, 1.807) is 12.1 Å². The number of esters is 1. The van der Waals surface area contributed by atoms with Crippen LogP contribution in [0.15, 0.2) is 40.9 Å². The lowest BCUT2D eigenvalue weighted by atomic mass is 9.99. The minimum atomic E-state index is -2.65. The van der Waals surface area contributed by atoms with Crippen molar-refractivity contribution in [3.8, 4) is 5.75 Å². The van der Waals surface area contributed by atoms with Gasteiger partial charge in [0.15, 0.2) is 0 Å². The Balaban J connectivity index is 2.29. The van der Waals surface area contributed by atoms with Gasteiger partial charge in [-0.1, -0.05) is 31.2 Å². The van der Waals surface area contributed by atoms with Crippen LogP contribution in [0, 0.1) is 0 Å².